The van der Waals surface area contributed by atoms with E-state index in [4.69, 9.17) is 1.37 Å². The fourth-order valence-corrected chi connectivity index (χ4v) is 2.92. The van der Waals surface area contributed by atoms with Gasteiger partial charge in [0.05, 0.1) is 1.37 Å². The van der Waals surface area contributed by atoms with Crippen LogP contribution in [0.15, 0.2) is 30.3 Å². The van der Waals surface area contributed by atoms with Crippen LogP contribution in [0.4, 0.5) is 0 Å². The Morgan fingerprint density at radius 2 is 1.19 bits per heavy atom. The van der Waals surface area contributed by atoms with Crippen LogP contribution in [0.5, 0.6) is 0 Å². The van der Waals surface area contributed by atoms with Crippen LogP contribution in [0.3, 0.4) is 0 Å². The average Bonchev–Trinajstić information content (AvgIpc) is 2.53. The minimum Gasteiger partial charge on any atom is -0.0654 e. The predicted molar refractivity (Wildman–Crippen MR) is 95.8 cm³/mol. The van der Waals surface area contributed by atoms with E-state index in [0.717, 1.165) is 6.42 Å². The van der Waals surface area contributed by atoms with Gasteiger partial charge in [-0.15, -0.1) is 0 Å². The van der Waals surface area contributed by atoms with Crippen molar-refractivity contribution in [2.75, 3.05) is 0 Å². The number of benzene rings is 1. The highest BCUT2D eigenvalue weighted by atomic mass is 14.0. The monoisotopic (exact) mass is 289 g/mol. The van der Waals surface area contributed by atoms with Crippen LogP contribution in [0.2, 0.25) is 0 Å². The van der Waals surface area contributed by atoms with Crippen molar-refractivity contribution in [1.82, 2.24) is 0 Å². The third kappa shape index (κ3) is 11.5. The molecular weight excluding hydrogens is 252 g/mol. The lowest BCUT2D eigenvalue weighted by atomic mass is 10.0. The molecule has 0 saturated carbocycles. The number of aryl methyl sites for hydroxylation is 1. The highest BCUT2D eigenvalue weighted by molar-refractivity contribution is 5.14. The van der Waals surface area contributed by atoms with E-state index < -0.39 is 0 Å². The Bertz CT molecular complexity index is 359. The van der Waals surface area contributed by atoms with Crippen LogP contribution in [0, 0.1) is 0 Å². The van der Waals surface area contributed by atoms with Gasteiger partial charge in [-0.25, -0.2) is 0 Å². The summed E-state index contributed by atoms with van der Waals surface area (Å²) in [7, 11) is 0. The Balaban J connectivity index is 1.81. The van der Waals surface area contributed by atoms with E-state index in [1.165, 1.54) is 89.0 Å². The number of hydrogen-bond acceptors (Lipinski definition) is 0. The molecule has 0 atom stereocenters. The van der Waals surface area contributed by atoms with Gasteiger partial charge in [-0.3, -0.25) is 0 Å². The second kappa shape index (κ2) is 14.2. The van der Waals surface area contributed by atoms with Crippen molar-refractivity contribution in [3.8, 4) is 0 Å². The van der Waals surface area contributed by atoms with E-state index in [1.807, 2.05) is 12.1 Å². The molecule has 0 N–H and O–H groups in total. The molecule has 0 fully saturated rings. The summed E-state index contributed by atoms with van der Waals surface area (Å²) in [6, 6.07) is 8.72. The summed E-state index contributed by atoms with van der Waals surface area (Å²) < 4.78 is 7.83. The quantitative estimate of drug-likeness (QED) is 0.315. The first kappa shape index (κ1) is 16.6. The van der Waals surface area contributed by atoms with Crippen LogP contribution in [-0.2, 0) is 6.42 Å². The van der Waals surface area contributed by atoms with Crippen LogP contribution in [-0.4, -0.2) is 0 Å². The summed E-state index contributed by atoms with van der Waals surface area (Å²) in [6.07, 6.45) is 19.3. The minimum atomic E-state index is 0.710. The fraction of sp³-hybridized carbons (Fsp3) is 0.714. The van der Waals surface area contributed by atoms with Gasteiger partial charge in [0, 0.05) is 0 Å². The average molecular weight is 290 g/mol. The molecule has 0 unspecified atom stereocenters. The van der Waals surface area contributed by atoms with Gasteiger partial charge in [0.25, 0.3) is 0 Å². The van der Waals surface area contributed by atoms with E-state index in [2.05, 4.69) is 19.1 Å². The molecule has 1 aromatic carbocycles. The second-order valence-electron chi connectivity index (χ2n) is 6.38. The van der Waals surface area contributed by atoms with E-state index in [9.17, 15) is 0 Å². The lowest BCUT2D eigenvalue weighted by molar-refractivity contribution is 0.539. The van der Waals surface area contributed by atoms with Gasteiger partial charge in [0.1, 0.15) is 0 Å². The Morgan fingerprint density at radius 3 is 1.71 bits per heavy atom. The Hall–Kier alpha value is -0.780. The van der Waals surface area contributed by atoms with Gasteiger partial charge < -0.3 is 0 Å². The number of unbranched alkanes of at least 4 members (excludes halogenated alkanes) is 12. The standard InChI is InChI=1S/C21H36/c1-2-3-4-5-6-7-8-9-10-11-12-13-15-18-21-19-16-14-17-20-21/h14,16-17,19-20H,2-13,15,18H2,1H3/i19D. The van der Waals surface area contributed by atoms with Crippen LogP contribution in [0.1, 0.15) is 97.3 Å². The molecule has 0 bridgehead atoms. The topological polar surface area (TPSA) is 0 Å². The maximum absolute atomic E-state index is 7.83. The van der Waals surface area contributed by atoms with Crippen molar-refractivity contribution < 1.29 is 1.37 Å². The number of hydrogen-bond donors (Lipinski definition) is 0. The van der Waals surface area contributed by atoms with Crippen molar-refractivity contribution in [2.24, 2.45) is 0 Å². The lowest BCUT2D eigenvalue weighted by Gasteiger charge is -2.03. The molecule has 0 saturated heterocycles. The highest BCUT2D eigenvalue weighted by Crippen LogP contribution is 2.13. The summed E-state index contributed by atoms with van der Waals surface area (Å²) in [6.45, 7) is 2.28. The molecule has 0 heterocycles. The summed E-state index contributed by atoms with van der Waals surface area (Å²) >= 11 is 0. The third-order valence-corrected chi connectivity index (χ3v) is 4.32. The van der Waals surface area contributed by atoms with Gasteiger partial charge in [0.15, 0.2) is 0 Å². The van der Waals surface area contributed by atoms with Crippen molar-refractivity contribution in [3.63, 3.8) is 0 Å². The molecule has 1 aromatic rings. The normalized spacial score (nSPS) is 11.6. The summed E-state index contributed by atoms with van der Waals surface area (Å²) in [4.78, 5) is 0. The molecule has 120 valence electrons. The van der Waals surface area contributed by atoms with Crippen molar-refractivity contribution in [2.45, 2.75) is 96.8 Å². The maximum atomic E-state index is 7.83. The fourth-order valence-electron chi connectivity index (χ4n) is 2.92. The van der Waals surface area contributed by atoms with Gasteiger partial charge in [-0.1, -0.05) is 114 Å². The first-order valence-electron chi connectivity index (χ1n) is 9.89. The Morgan fingerprint density at radius 1 is 0.667 bits per heavy atom. The van der Waals surface area contributed by atoms with E-state index in [1.54, 1.807) is 0 Å². The molecule has 0 aliphatic rings. The molecule has 0 amide bonds. The Kier molecular flexibility index (Phi) is 11.2. The zero-order valence-corrected chi connectivity index (χ0v) is 14.2. The molecule has 0 radical (unpaired) electrons. The minimum absolute atomic E-state index is 0.710. The summed E-state index contributed by atoms with van der Waals surface area (Å²) in [5.41, 5.74) is 1.21. The largest absolute Gasteiger partial charge is 0.0654 e. The molecular formula is C21H36. The molecule has 0 heteroatoms. The van der Waals surface area contributed by atoms with Gasteiger partial charge >= 0.3 is 0 Å². The Labute approximate surface area is 134 Å². The zero-order chi connectivity index (χ0) is 15.9. The van der Waals surface area contributed by atoms with Crippen LogP contribution >= 0.6 is 0 Å². The zero-order valence-electron chi connectivity index (χ0n) is 15.2. The second-order valence-corrected chi connectivity index (χ2v) is 6.38. The molecule has 0 spiro atoms. The first-order valence-corrected chi connectivity index (χ1v) is 9.39. The van der Waals surface area contributed by atoms with Crippen LogP contribution in [0.25, 0.3) is 0 Å². The molecule has 0 aliphatic heterocycles. The van der Waals surface area contributed by atoms with E-state index in [-0.39, 0.29) is 0 Å². The van der Waals surface area contributed by atoms with Gasteiger partial charge in [-0.05, 0) is 18.4 Å². The van der Waals surface area contributed by atoms with Crippen LogP contribution < -0.4 is 0 Å². The SMILES string of the molecule is [2H]c1ccccc1CCCCCCCCCCCCCCC. The molecule has 1 rings (SSSR count). The van der Waals surface area contributed by atoms with Crippen molar-refractivity contribution in [3.05, 3.63) is 35.9 Å². The first-order chi connectivity index (χ1) is 10.8. The van der Waals surface area contributed by atoms with Gasteiger partial charge in [0.2, 0.25) is 0 Å². The van der Waals surface area contributed by atoms with Gasteiger partial charge in [-0.2, -0.15) is 0 Å². The summed E-state index contributed by atoms with van der Waals surface area (Å²) in [5, 5.41) is 0. The highest BCUT2D eigenvalue weighted by Gasteiger charge is 1.95. The molecule has 21 heavy (non-hydrogen) atoms. The van der Waals surface area contributed by atoms with Crippen molar-refractivity contribution in [1.29, 1.82) is 0 Å². The lowest BCUT2D eigenvalue weighted by Crippen LogP contribution is -1.86. The predicted octanol–water partition coefficient (Wildman–Crippen LogP) is 7.32. The van der Waals surface area contributed by atoms with E-state index in [0.29, 0.717) is 6.04 Å². The van der Waals surface area contributed by atoms with Crippen molar-refractivity contribution >= 4 is 0 Å². The molecule has 0 aromatic heterocycles. The summed E-state index contributed by atoms with van der Waals surface area (Å²) in [5.74, 6) is 0. The van der Waals surface area contributed by atoms with E-state index >= 15 is 0 Å². The number of rotatable bonds is 14. The third-order valence-electron chi connectivity index (χ3n) is 4.32. The molecule has 0 aliphatic carbocycles. The smallest absolute Gasteiger partial charge is 0.0626 e. The molecule has 0 nitrogen and oxygen atoms in total. The maximum Gasteiger partial charge on any atom is 0.0626 e.